The van der Waals surface area contributed by atoms with Crippen molar-refractivity contribution < 1.29 is 66.2 Å². The molecule has 0 amide bonds. The second kappa shape index (κ2) is 21.9. The maximum atomic E-state index is 12.1. The van der Waals surface area contributed by atoms with Crippen LogP contribution in [0, 0.1) is 0 Å². The first-order chi connectivity index (χ1) is 19.2. The van der Waals surface area contributed by atoms with Crippen molar-refractivity contribution in [1.29, 1.82) is 0 Å². The molecule has 0 radical (unpaired) electrons. The van der Waals surface area contributed by atoms with Crippen molar-refractivity contribution in [1.82, 2.24) is 0 Å². The first kappa shape index (κ1) is 38.2. The molecular weight excluding hydrogens is 625 g/mol. The molecule has 41 heavy (non-hydrogen) atoms. The van der Waals surface area contributed by atoms with Gasteiger partial charge in [0.15, 0.2) is 0 Å². The van der Waals surface area contributed by atoms with Crippen molar-refractivity contribution >= 4 is 23.9 Å². The van der Waals surface area contributed by atoms with Crippen LogP contribution in [0.15, 0.2) is 48.5 Å². The Morgan fingerprint density at radius 2 is 0.902 bits per heavy atom. The van der Waals surface area contributed by atoms with Gasteiger partial charge in [0.25, 0.3) is 0 Å². The van der Waals surface area contributed by atoms with Crippen LogP contribution in [-0.2, 0) is 36.8 Å². The molecule has 220 valence electrons. The molecule has 0 heterocycles. The summed E-state index contributed by atoms with van der Waals surface area (Å²) in [5.74, 6) is -3.91. The maximum absolute atomic E-state index is 12.1. The average Bonchev–Trinajstić information content (AvgIpc) is 2.96. The zero-order valence-electron chi connectivity index (χ0n) is 24.8. The Labute approximate surface area is 264 Å². The van der Waals surface area contributed by atoms with Crippen LogP contribution < -0.4 is 10.2 Å². The second-order valence-corrected chi connectivity index (χ2v) is 9.53. The minimum atomic E-state index is -1.36. The van der Waals surface area contributed by atoms with Gasteiger partial charge in [-0.15, -0.1) is 0 Å². The van der Waals surface area contributed by atoms with Gasteiger partial charge in [-0.05, 0) is 50.7 Å². The van der Waals surface area contributed by atoms with Crippen LogP contribution in [0.3, 0.4) is 0 Å². The number of carboxylic acid groups (broad SMARTS) is 2. The Bertz CT molecular complexity index is 999. The van der Waals surface area contributed by atoms with E-state index in [9.17, 15) is 29.4 Å². The minimum Gasteiger partial charge on any atom is -0.545 e. The normalized spacial score (nSPS) is 11.6. The molecule has 0 N–H and O–H groups in total. The van der Waals surface area contributed by atoms with Crippen LogP contribution in [0.1, 0.15) is 133 Å². The molecule has 0 saturated carbocycles. The topological polar surface area (TPSA) is 133 Å². The standard InChI is InChI=1S/2C16H22O4.Cd/c2*1-3-5-6-9-12(4-2)20-16(19)14-11-8-7-10-13(14)15(17)18;/h2*7-8,10-12H,3-6,9H2,1-2H3,(H,17,18);/q;;+2/p-2. The van der Waals surface area contributed by atoms with Crippen LogP contribution in [0.5, 0.6) is 0 Å². The number of hydrogen-bond acceptors (Lipinski definition) is 8. The molecule has 2 atom stereocenters. The molecule has 2 aromatic rings. The summed E-state index contributed by atoms with van der Waals surface area (Å²) in [6.07, 6.45) is 9.17. The van der Waals surface area contributed by atoms with E-state index in [1.165, 1.54) is 24.3 Å². The zero-order chi connectivity index (χ0) is 29.9. The average molecular weight is 667 g/mol. The molecule has 0 aliphatic heterocycles. The molecule has 0 saturated heterocycles. The Kier molecular flexibility index (Phi) is 20.4. The van der Waals surface area contributed by atoms with E-state index in [0.717, 1.165) is 64.2 Å². The smallest absolute Gasteiger partial charge is 0.545 e. The van der Waals surface area contributed by atoms with Gasteiger partial charge in [0.2, 0.25) is 0 Å². The monoisotopic (exact) mass is 668 g/mol. The van der Waals surface area contributed by atoms with Crippen LogP contribution in [0.25, 0.3) is 0 Å². The Morgan fingerprint density at radius 3 is 1.17 bits per heavy atom. The molecule has 0 fully saturated rings. The number of benzene rings is 2. The van der Waals surface area contributed by atoms with E-state index in [-0.39, 0.29) is 61.8 Å². The van der Waals surface area contributed by atoms with Gasteiger partial charge >= 0.3 is 39.2 Å². The van der Waals surface area contributed by atoms with Gasteiger partial charge in [0.1, 0.15) is 12.2 Å². The molecule has 9 heteroatoms. The Morgan fingerprint density at radius 1 is 0.585 bits per heavy atom. The Balaban J connectivity index is 0.000000762. The zero-order valence-corrected chi connectivity index (χ0v) is 28.9. The van der Waals surface area contributed by atoms with Crippen molar-refractivity contribution in [2.75, 3.05) is 0 Å². The van der Waals surface area contributed by atoms with Gasteiger partial charge in [-0.1, -0.05) is 89.8 Å². The van der Waals surface area contributed by atoms with E-state index < -0.39 is 23.9 Å². The Hall–Kier alpha value is -2.76. The molecule has 0 aliphatic carbocycles. The van der Waals surface area contributed by atoms with Crippen molar-refractivity contribution in [2.24, 2.45) is 0 Å². The number of carboxylic acids is 2. The fourth-order valence-electron chi connectivity index (χ4n) is 4.04. The summed E-state index contributed by atoms with van der Waals surface area (Å²) in [5.41, 5.74) is -0.135. The third-order valence-corrected chi connectivity index (χ3v) is 6.45. The summed E-state index contributed by atoms with van der Waals surface area (Å²) in [6, 6.07) is 11.9. The van der Waals surface area contributed by atoms with Gasteiger partial charge in [-0.25, -0.2) is 9.59 Å². The van der Waals surface area contributed by atoms with Gasteiger partial charge in [-0.3, -0.25) is 0 Å². The number of ether oxygens (including phenoxy) is 2. The van der Waals surface area contributed by atoms with E-state index in [1.807, 2.05) is 13.8 Å². The fourth-order valence-corrected chi connectivity index (χ4v) is 4.04. The summed E-state index contributed by atoms with van der Waals surface area (Å²) >= 11 is 0. The van der Waals surface area contributed by atoms with Gasteiger partial charge in [-0.2, -0.15) is 0 Å². The molecule has 0 spiro atoms. The number of carbonyl (C=O) groups is 4. The van der Waals surface area contributed by atoms with Crippen LogP contribution in [0.4, 0.5) is 0 Å². The summed E-state index contributed by atoms with van der Waals surface area (Å²) < 4.78 is 10.8. The van der Waals surface area contributed by atoms with E-state index >= 15 is 0 Å². The van der Waals surface area contributed by atoms with Gasteiger partial charge in [0.05, 0.1) is 23.1 Å². The first-order valence-corrected chi connectivity index (χ1v) is 14.2. The molecule has 8 nitrogen and oxygen atoms in total. The molecule has 0 bridgehead atoms. The number of rotatable bonds is 16. The van der Waals surface area contributed by atoms with Crippen molar-refractivity contribution in [3.8, 4) is 0 Å². The SMILES string of the molecule is CCCCCC(CC)OC(=O)c1ccccc1C(=O)[O-].CCCCCC(CC)OC(=O)c1ccccc1C(=O)[O-].[Cd+2]. The van der Waals surface area contributed by atoms with Crippen LogP contribution in [0.2, 0.25) is 0 Å². The minimum absolute atomic E-state index is 0. The third-order valence-electron chi connectivity index (χ3n) is 6.45. The molecule has 2 aromatic carbocycles. The van der Waals surface area contributed by atoms with E-state index in [0.29, 0.717) is 0 Å². The number of esters is 2. The van der Waals surface area contributed by atoms with Crippen molar-refractivity contribution in [3.63, 3.8) is 0 Å². The number of aromatic carboxylic acids is 2. The summed E-state index contributed by atoms with van der Waals surface area (Å²) in [5, 5.41) is 21.9. The maximum Gasteiger partial charge on any atom is 2.00 e. The predicted molar refractivity (Wildman–Crippen MR) is 149 cm³/mol. The number of unbranched alkanes of at least 4 members (excludes halogenated alkanes) is 4. The van der Waals surface area contributed by atoms with E-state index in [1.54, 1.807) is 24.3 Å². The molecule has 0 aromatic heterocycles. The number of hydrogen-bond donors (Lipinski definition) is 0. The largest absolute Gasteiger partial charge is 2.00 e. The number of carbonyl (C=O) groups excluding carboxylic acids is 4. The van der Waals surface area contributed by atoms with Crippen LogP contribution >= 0.6 is 0 Å². The second-order valence-electron chi connectivity index (χ2n) is 9.53. The molecular formula is C32H42CdO8. The summed E-state index contributed by atoms with van der Waals surface area (Å²) in [6.45, 7) is 8.13. The van der Waals surface area contributed by atoms with Gasteiger partial charge in [0, 0.05) is 11.1 Å². The predicted octanol–water partition coefficient (Wildman–Crippen LogP) is 5.13. The summed E-state index contributed by atoms with van der Waals surface area (Å²) in [7, 11) is 0. The molecule has 2 rings (SSSR count). The quantitative estimate of drug-likeness (QED) is 0.137. The van der Waals surface area contributed by atoms with E-state index in [2.05, 4.69) is 13.8 Å². The van der Waals surface area contributed by atoms with Crippen molar-refractivity contribution in [2.45, 2.75) is 104 Å². The molecule has 2 unspecified atom stereocenters. The third kappa shape index (κ3) is 14.1. The van der Waals surface area contributed by atoms with Crippen LogP contribution in [-0.4, -0.2) is 36.1 Å². The first-order valence-electron chi connectivity index (χ1n) is 14.2. The van der Waals surface area contributed by atoms with Gasteiger partial charge < -0.3 is 29.3 Å². The van der Waals surface area contributed by atoms with Crippen molar-refractivity contribution in [3.05, 3.63) is 70.8 Å². The summed E-state index contributed by atoms with van der Waals surface area (Å²) in [4.78, 5) is 46.1. The fraction of sp³-hybridized carbons (Fsp3) is 0.500. The molecule has 0 aliphatic rings. The van der Waals surface area contributed by atoms with E-state index in [4.69, 9.17) is 9.47 Å².